The van der Waals surface area contributed by atoms with Gasteiger partial charge in [-0.2, -0.15) is 0 Å². The summed E-state index contributed by atoms with van der Waals surface area (Å²) >= 11 is 0. The maximum absolute atomic E-state index is 12.0. The molecule has 0 spiro atoms. The van der Waals surface area contributed by atoms with Crippen molar-refractivity contribution in [1.82, 2.24) is 9.97 Å². The summed E-state index contributed by atoms with van der Waals surface area (Å²) in [5.41, 5.74) is 4.15. The van der Waals surface area contributed by atoms with Crippen LogP contribution < -0.4 is 16.0 Å². The molecule has 0 saturated carbocycles. The quantitative estimate of drug-likeness (QED) is 0.679. The molecule has 0 saturated heterocycles. The van der Waals surface area contributed by atoms with Crippen LogP contribution in [-0.2, 0) is 11.2 Å². The lowest BCUT2D eigenvalue weighted by atomic mass is 10.00. The second kappa shape index (κ2) is 6.64. The molecular formula is C19H15N5O2. The number of hydrogen-bond acceptors (Lipinski definition) is 4. The Bertz CT molecular complexity index is 971. The molecule has 3 amide bonds. The maximum Gasteiger partial charge on any atom is 0.323 e. The highest BCUT2D eigenvalue weighted by Gasteiger charge is 2.22. The van der Waals surface area contributed by atoms with Gasteiger partial charge in [0.2, 0.25) is 5.91 Å². The highest BCUT2D eigenvalue weighted by atomic mass is 16.2. The number of nitrogens with zero attached hydrogens (tertiary/aromatic N) is 2. The van der Waals surface area contributed by atoms with Gasteiger partial charge in [0.1, 0.15) is 5.82 Å². The maximum atomic E-state index is 12.0. The molecule has 0 unspecified atom stereocenters. The summed E-state index contributed by atoms with van der Waals surface area (Å²) in [5, 5.41) is 8.26. The Kier molecular flexibility index (Phi) is 4.03. The summed E-state index contributed by atoms with van der Waals surface area (Å²) in [7, 11) is 0. The first-order valence-electron chi connectivity index (χ1n) is 8.05. The Morgan fingerprint density at radius 1 is 0.923 bits per heavy atom. The van der Waals surface area contributed by atoms with Gasteiger partial charge in [-0.25, -0.2) is 9.78 Å². The molecule has 0 atom stereocenters. The van der Waals surface area contributed by atoms with Gasteiger partial charge in [-0.1, -0.05) is 12.1 Å². The van der Waals surface area contributed by atoms with Crippen LogP contribution in [-0.4, -0.2) is 21.9 Å². The Morgan fingerprint density at radius 2 is 1.62 bits per heavy atom. The molecule has 0 radical (unpaired) electrons. The summed E-state index contributed by atoms with van der Waals surface area (Å²) in [6, 6.07) is 12.4. The van der Waals surface area contributed by atoms with Gasteiger partial charge in [0, 0.05) is 35.5 Å². The number of rotatable bonds is 3. The summed E-state index contributed by atoms with van der Waals surface area (Å²) < 4.78 is 0. The lowest BCUT2D eigenvalue weighted by Gasteiger charge is -2.10. The first-order valence-corrected chi connectivity index (χ1v) is 8.05. The van der Waals surface area contributed by atoms with Gasteiger partial charge >= 0.3 is 6.03 Å². The van der Waals surface area contributed by atoms with Crippen molar-refractivity contribution in [3.05, 3.63) is 66.6 Å². The molecule has 1 aromatic carbocycles. The molecule has 0 fully saturated rings. The minimum Gasteiger partial charge on any atom is -0.310 e. The van der Waals surface area contributed by atoms with E-state index in [9.17, 15) is 9.59 Å². The van der Waals surface area contributed by atoms with Crippen molar-refractivity contribution in [2.24, 2.45) is 0 Å². The van der Waals surface area contributed by atoms with Crippen LogP contribution in [0.3, 0.4) is 0 Å². The number of urea groups is 1. The predicted molar refractivity (Wildman–Crippen MR) is 98.9 cm³/mol. The Hall–Kier alpha value is -3.74. The van der Waals surface area contributed by atoms with E-state index in [1.807, 2.05) is 30.3 Å². The van der Waals surface area contributed by atoms with Crippen LogP contribution in [0.4, 0.5) is 22.0 Å². The first-order chi connectivity index (χ1) is 12.7. The zero-order valence-electron chi connectivity index (χ0n) is 13.7. The largest absolute Gasteiger partial charge is 0.323 e. The summed E-state index contributed by atoms with van der Waals surface area (Å²) in [5.74, 6) is 0.567. The van der Waals surface area contributed by atoms with Crippen LogP contribution >= 0.6 is 0 Å². The van der Waals surface area contributed by atoms with Crippen LogP contribution in [0.2, 0.25) is 0 Å². The predicted octanol–water partition coefficient (Wildman–Crippen LogP) is 3.28. The standard InChI is InChI=1S/C19H15N5O2/c25-17-11-16-15(7-10-21-18(16)24-17)12-1-3-13(4-2-12)22-19(26)23-14-5-8-20-9-6-14/h1-10H,11H2,(H,21,24,25)(H2,20,22,23,26). The van der Waals surface area contributed by atoms with Crippen molar-refractivity contribution in [3.8, 4) is 11.1 Å². The number of anilines is 3. The second-order valence-electron chi connectivity index (χ2n) is 5.80. The number of carbonyl (C=O) groups excluding carboxylic acids is 2. The molecule has 128 valence electrons. The Morgan fingerprint density at radius 3 is 2.35 bits per heavy atom. The van der Waals surface area contributed by atoms with Gasteiger partial charge in [0.05, 0.1) is 6.42 Å². The number of benzene rings is 1. The van der Waals surface area contributed by atoms with E-state index in [1.165, 1.54) is 0 Å². The van der Waals surface area contributed by atoms with Gasteiger partial charge in [0.15, 0.2) is 0 Å². The molecule has 7 heteroatoms. The number of hydrogen-bond donors (Lipinski definition) is 3. The van der Waals surface area contributed by atoms with Crippen molar-refractivity contribution in [1.29, 1.82) is 0 Å². The van der Waals surface area contributed by atoms with E-state index in [4.69, 9.17) is 0 Å². The number of nitrogens with one attached hydrogen (secondary N) is 3. The second-order valence-corrected chi connectivity index (χ2v) is 5.80. The minimum atomic E-state index is -0.330. The third-order valence-corrected chi connectivity index (χ3v) is 4.04. The van der Waals surface area contributed by atoms with Gasteiger partial charge in [-0.15, -0.1) is 0 Å². The molecule has 2 aromatic heterocycles. The SMILES string of the molecule is O=C1Cc2c(-c3ccc(NC(=O)Nc4ccncc4)cc3)ccnc2N1. The van der Waals surface area contributed by atoms with Crippen molar-refractivity contribution in [2.75, 3.05) is 16.0 Å². The van der Waals surface area contributed by atoms with Crippen molar-refractivity contribution in [3.63, 3.8) is 0 Å². The zero-order valence-corrected chi connectivity index (χ0v) is 13.7. The molecule has 3 N–H and O–H groups in total. The van der Waals surface area contributed by atoms with E-state index >= 15 is 0 Å². The van der Waals surface area contributed by atoms with Crippen molar-refractivity contribution < 1.29 is 9.59 Å². The molecule has 3 heterocycles. The van der Waals surface area contributed by atoms with Gasteiger partial charge in [-0.3, -0.25) is 9.78 Å². The monoisotopic (exact) mass is 345 g/mol. The molecule has 4 rings (SSSR count). The summed E-state index contributed by atoms with van der Waals surface area (Å²) in [6.07, 6.45) is 5.22. The van der Waals surface area contributed by atoms with Gasteiger partial charge in [-0.05, 0) is 41.5 Å². The van der Waals surface area contributed by atoms with Gasteiger partial charge < -0.3 is 16.0 Å². The van der Waals surface area contributed by atoms with Crippen LogP contribution in [0.15, 0.2) is 61.1 Å². The van der Waals surface area contributed by atoms with Crippen LogP contribution in [0.1, 0.15) is 5.56 Å². The van der Waals surface area contributed by atoms with Crippen LogP contribution in [0, 0.1) is 0 Å². The lowest BCUT2D eigenvalue weighted by Crippen LogP contribution is -2.19. The third kappa shape index (κ3) is 3.23. The molecule has 1 aliphatic heterocycles. The highest BCUT2D eigenvalue weighted by Crippen LogP contribution is 2.32. The lowest BCUT2D eigenvalue weighted by molar-refractivity contribution is -0.115. The normalized spacial score (nSPS) is 12.2. The summed E-state index contributed by atoms with van der Waals surface area (Å²) in [6.45, 7) is 0. The average molecular weight is 345 g/mol. The number of amides is 3. The molecule has 7 nitrogen and oxygen atoms in total. The van der Waals surface area contributed by atoms with Crippen molar-refractivity contribution >= 4 is 29.1 Å². The molecule has 0 bridgehead atoms. The Balaban J connectivity index is 1.49. The smallest absolute Gasteiger partial charge is 0.310 e. The molecule has 3 aromatic rings. The number of carbonyl (C=O) groups is 2. The van der Waals surface area contributed by atoms with Crippen LogP contribution in [0.5, 0.6) is 0 Å². The van der Waals surface area contributed by atoms with E-state index in [1.54, 1.807) is 30.7 Å². The third-order valence-electron chi connectivity index (χ3n) is 4.04. The van der Waals surface area contributed by atoms with E-state index < -0.39 is 0 Å². The zero-order chi connectivity index (χ0) is 17.9. The minimum absolute atomic E-state index is 0.0500. The topological polar surface area (TPSA) is 96.0 Å². The first kappa shape index (κ1) is 15.8. The fourth-order valence-electron chi connectivity index (χ4n) is 2.85. The molecule has 26 heavy (non-hydrogen) atoms. The molecular weight excluding hydrogens is 330 g/mol. The van der Waals surface area contributed by atoms with E-state index in [0.717, 1.165) is 16.7 Å². The van der Waals surface area contributed by atoms with Gasteiger partial charge in [0.25, 0.3) is 0 Å². The fraction of sp³-hybridized carbons (Fsp3) is 0.0526. The summed E-state index contributed by atoms with van der Waals surface area (Å²) in [4.78, 5) is 31.7. The number of aromatic nitrogens is 2. The number of fused-ring (bicyclic) bond motifs is 1. The van der Waals surface area contributed by atoms with Crippen molar-refractivity contribution in [2.45, 2.75) is 6.42 Å². The van der Waals surface area contributed by atoms with Crippen LogP contribution in [0.25, 0.3) is 11.1 Å². The Labute approximate surface area is 149 Å². The van der Waals surface area contributed by atoms with E-state index in [2.05, 4.69) is 25.9 Å². The number of pyridine rings is 2. The molecule has 0 aliphatic carbocycles. The fourth-order valence-corrected chi connectivity index (χ4v) is 2.85. The van der Waals surface area contributed by atoms with E-state index in [0.29, 0.717) is 23.6 Å². The van der Waals surface area contributed by atoms with E-state index in [-0.39, 0.29) is 11.9 Å². The average Bonchev–Trinajstić information content (AvgIpc) is 3.03. The molecule has 1 aliphatic rings. The highest BCUT2D eigenvalue weighted by molar-refractivity contribution is 6.01.